The Hall–Kier alpha value is -0.860. The van der Waals surface area contributed by atoms with Gasteiger partial charge in [0.15, 0.2) is 0 Å². The van der Waals surface area contributed by atoms with E-state index in [4.69, 9.17) is 1.37 Å². The van der Waals surface area contributed by atoms with Crippen LogP contribution in [0.1, 0.15) is 31.3 Å². The Morgan fingerprint density at radius 2 is 2.21 bits per heavy atom. The molecule has 2 nitrogen and oxygen atoms in total. The Kier molecular flexibility index (Phi) is 2.76. The summed E-state index contributed by atoms with van der Waals surface area (Å²) in [6.07, 6.45) is 2.14. The van der Waals surface area contributed by atoms with Crippen molar-refractivity contribution in [2.75, 3.05) is 13.1 Å². The normalized spacial score (nSPS) is 19.4. The molecule has 0 atom stereocenters. The van der Waals surface area contributed by atoms with Crippen LogP contribution in [0.3, 0.4) is 0 Å². The smallest absolute Gasteiger partial charge is 0.0684 e. The maximum absolute atomic E-state index is 9.27. The molecular weight excluding hydrogens is 174 g/mol. The van der Waals surface area contributed by atoms with Gasteiger partial charge in [-0.3, -0.25) is 0 Å². The molecule has 0 bridgehead atoms. The molecular formula is C12H17NO. The van der Waals surface area contributed by atoms with Crippen molar-refractivity contribution >= 4 is 0 Å². The maximum atomic E-state index is 9.27. The van der Waals surface area contributed by atoms with Gasteiger partial charge in [0.1, 0.15) is 0 Å². The summed E-state index contributed by atoms with van der Waals surface area (Å²) in [5, 5.41) is 12.6. The second kappa shape index (κ2) is 4.58. The van der Waals surface area contributed by atoms with Gasteiger partial charge < -0.3 is 10.4 Å². The van der Waals surface area contributed by atoms with Crippen LogP contribution in [-0.4, -0.2) is 18.2 Å². The fourth-order valence-electron chi connectivity index (χ4n) is 2.11. The first-order valence-electron chi connectivity index (χ1n) is 5.73. The standard InChI is InChI=1S/C12H17NO/c14-9-11-3-1-2-4-12(11)10-5-7-13-8-6-10/h1-4,10,13-14H,5-9H2/i4D. The number of hydrogen-bond donors (Lipinski definition) is 2. The Bertz CT molecular complexity index is 334. The number of rotatable bonds is 2. The molecule has 1 heterocycles. The van der Waals surface area contributed by atoms with Crippen LogP contribution in [-0.2, 0) is 6.61 Å². The Labute approximate surface area is 86.4 Å². The molecule has 14 heavy (non-hydrogen) atoms. The topological polar surface area (TPSA) is 32.3 Å². The third-order valence-electron chi connectivity index (χ3n) is 2.90. The van der Waals surface area contributed by atoms with Gasteiger partial charge in [-0.1, -0.05) is 24.2 Å². The van der Waals surface area contributed by atoms with Crippen LogP contribution in [0.2, 0.25) is 0 Å². The second-order valence-corrected chi connectivity index (χ2v) is 3.79. The number of aliphatic hydroxyl groups excluding tert-OH is 1. The molecule has 0 aliphatic carbocycles. The Balaban J connectivity index is 2.31. The van der Waals surface area contributed by atoms with E-state index in [1.165, 1.54) is 0 Å². The van der Waals surface area contributed by atoms with E-state index in [9.17, 15) is 5.11 Å². The monoisotopic (exact) mass is 192 g/mol. The molecule has 0 aromatic heterocycles. The highest BCUT2D eigenvalue weighted by Crippen LogP contribution is 2.27. The fraction of sp³-hybridized carbons (Fsp3) is 0.500. The molecule has 0 unspecified atom stereocenters. The molecule has 1 aliphatic heterocycles. The van der Waals surface area contributed by atoms with Gasteiger partial charge in [-0.2, -0.15) is 0 Å². The van der Waals surface area contributed by atoms with Crippen LogP contribution in [0.25, 0.3) is 0 Å². The summed E-state index contributed by atoms with van der Waals surface area (Å²) in [7, 11) is 0. The highest BCUT2D eigenvalue weighted by atomic mass is 16.3. The highest BCUT2D eigenvalue weighted by molar-refractivity contribution is 5.30. The van der Waals surface area contributed by atoms with Gasteiger partial charge in [-0.15, -0.1) is 0 Å². The van der Waals surface area contributed by atoms with E-state index in [0.29, 0.717) is 12.0 Å². The minimum absolute atomic E-state index is 0.0476. The van der Waals surface area contributed by atoms with Gasteiger partial charge in [0.25, 0.3) is 0 Å². The molecule has 0 amide bonds. The fourth-order valence-corrected chi connectivity index (χ4v) is 2.11. The number of nitrogens with one attached hydrogen (secondary N) is 1. The molecule has 2 heteroatoms. The molecule has 0 saturated carbocycles. The van der Waals surface area contributed by atoms with E-state index in [1.54, 1.807) is 0 Å². The van der Waals surface area contributed by atoms with E-state index in [0.717, 1.165) is 37.1 Å². The largest absolute Gasteiger partial charge is 0.392 e. The zero-order valence-corrected chi connectivity index (χ0v) is 8.29. The van der Waals surface area contributed by atoms with Crippen molar-refractivity contribution in [3.8, 4) is 0 Å². The van der Waals surface area contributed by atoms with Crippen LogP contribution >= 0.6 is 0 Å². The van der Waals surface area contributed by atoms with Crippen LogP contribution < -0.4 is 5.32 Å². The van der Waals surface area contributed by atoms with Crippen LogP contribution in [0.5, 0.6) is 0 Å². The van der Waals surface area contributed by atoms with Gasteiger partial charge in [-0.25, -0.2) is 0 Å². The zero-order valence-electron chi connectivity index (χ0n) is 9.29. The summed E-state index contributed by atoms with van der Waals surface area (Å²) in [4.78, 5) is 0. The summed E-state index contributed by atoms with van der Waals surface area (Å²) in [6.45, 7) is 2.08. The average Bonchev–Trinajstić information content (AvgIpc) is 2.29. The van der Waals surface area contributed by atoms with E-state index < -0.39 is 0 Å². The van der Waals surface area contributed by atoms with Crippen LogP contribution in [0.15, 0.2) is 24.2 Å². The van der Waals surface area contributed by atoms with E-state index in [-0.39, 0.29) is 6.61 Å². The van der Waals surface area contributed by atoms with E-state index in [1.807, 2.05) is 18.2 Å². The molecule has 1 fully saturated rings. The lowest BCUT2D eigenvalue weighted by Gasteiger charge is -2.24. The minimum Gasteiger partial charge on any atom is -0.392 e. The second-order valence-electron chi connectivity index (χ2n) is 3.79. The van der Waals surface area contributed by atoms with E-state index >= 15 is 0 Å². The molecule has 1 saturated heterocycles. The van der Waals surface area contributed by atoms with Crippen molar-refractivity contribution in [1.29, 1.82) is 0 Å². The van der Waals surface area contributed by atoms with Gasteiger partial charge in [0, 0.05) is 0 Å². The number of aliphatic hydroxyl groups is 1. The molecule has 1 aliphatic rings. The lowest BCUT2D eigenvalue weighted by molar-refractivity contribution is 0.279. The highest BCUT2D eigenvalue weighted by Gasteiger charge is 2.16. The number of piperidine rings is 1. The van der Waals surface area contributed by atoms with Crippen molar-refractivity contribution in [2.45, 2.75) is 25.4 Å². The molecule has 1 aromatic rings. The molecule has 2 rings (SSSR count). The van der Waals surface area contributed by atoms with Crippen molar-refractivity contribution in [3.05, 3.63) is 35.4 Å². The van der Waals surface area contributed by atoms with E-state index in [2.05, 4.69) is 5.32 Å². The Morgan fingerprint density at radius 1 is 1.43 bits per heavy atom. The Morgan fingerprint density at radius 3 is 2.93 bits per heavy atom. The van der Waals surface area contributed by atoms with Crippen LogP contribution in [0, 0.1) is 0 Å². The number of hydrogen-bond acceptors (Lipinski definition) is 2. The first-order valence-corrected chi connectivity index (χ1v) is 5.23. The predicted octanol–water partition coefficient (Wildman–Crippen LogP) is 1.65. The molecule has 76 valence electrons. The number of benzene rings is 1. The van der Waals surface area contributed by atoms with Crippen molar-refractivity contribution in [3.63, 3.8) is 0 Å². The molecule has 0 radical (unpaired) electrons. The predicted molar refractivity (Wildman–Crippen MR) is 57.2 cm³/mol. The van der Waals surface area contributed by atoms with Crippen molar-refractivity contribution < 1.29 is 6.48 Å². The van der Waals surface area contributed by atoms with Gasteiger partial charge in [0.05, 0.1) is 7.98 Å². The average molecular weight is 192 g/mol. The summed E-state index contributed by atoms with van der Waals surface area (Å²) in [5.74, 6) is 0.446. The first kappa shape index (κ1) is 8.45. The third-order valence-corrected chi connectivity index (χ3v) is 2.90. The molecule has 0 spiro atoms. The lowest BCUT2D eigenvalue weighted by atomic mass is 9.87. The van der Waals surface area contributed by atoms with Crippen molar-refractivity contribution in [2.24, 2.45) is 0 Å². The lowest BCUT2D eigenvalue weighted by Crippen LogP contribution is -2.27. The summed E-state index contributed by atoms with van der Waals surface area (Å²) >= 11 is 0. The molecule has 1 aromatic carbocycles. The zero-order chi connectivity index (χ0) is 10.7. The quantitative estimate of drug-likeness (QED) is 0.746. The van der Waals surface area contributed by atoms with Gasteiger partial charge in [0.2, 0.25) is 0 Å². The summed E-state index contributed by atoms with van der Waals surface area (Å²) in [6, 6.07) is 6.16. The maximum Gasteiger partial charge on any atom is 0.0684 e. The first-order chi connectivity index (χ1) is 7.33. The third kappa shape index (κ3) is 1.97. The molecule has 2 N–H and O–H groups in total. The minimum atomic E-state index is 0.0476. The van der Waals surface area contributed by atoms with Gasteiger partial charge >= 0.3 is 0 Å². The SMILES string of the molecule is [2H]c1cccc(CO)c1C1CCNCC1. The van der Waals surface area contributed by atoms with Crippen LogP contribution in [0.4, 0.5) is 0 Å². The van der Waals surface area contributed by atoms with Gasteiger partial charge in [-0.05, 0) is 43.0 Å². The van der Waals surface area contributed by atoms with Crippen molar-refractivity contribution in [1.82, 2.24) is 5.32 Å². The summed E-state index contributed by atoms with van der Waals surface area (Å²) in [5.41, 5.74) is 1.98. The summed E-state index contributed by atoms with van der Waals surface area (Å²) < 4.78 is 7.92.